The summed E-state index contributed by atoms with van der Waals surface area (Å²) in [4.78, 5) is 42.9. The van der Waals surface area contributed by atoms with Crippen LogP contribution in [0.1, 0.15) is 61.3 Å². The second kappa shape index (κ2) is 20.0. The Balaban J connectivity index is 0.000000150. The number of carboxylic acid groups (broad SMARTS) is 1. The molecule has 4 aromatic heterocycles. The summed E-state index contributed by atoms with van der Waals surface area (Å²) in [6.07, 6.45) is 7.03. The van der Waals surface area contributed by atoms with Gasteiger partial charge in [0.15, 0.2) is 0 Å². The lowest BCUT2D eigenvalue weighted by Crippen LogP contribution is -2.36. The van der Waals surface area contributed by atoms with Gasteiger partial charge in [0.1, 0.15) is 34.9 Å². The number of nitrogens with two attached hydrogens (primary N) is 3. The topological polar surface area (TPSA) is 239 Å². The molecule has 314 valence electrons. The molecular weight excluding hydrogens is 767 g/mol. The molecule has 18 heteroatoms. The van der Waals surface area contributed by atoms with Crippen molar-refractivity contribution in [1.29, 1.82) is 0 Å². The second-order valence-electron chi connectivity index (χ2n) is 14.8. The number of carboxylic acids is 1. The van der Waals surface area contributed by atoms with Crippen molar-refractivity contribution in [2.24, 2.45) is 5.92 Å². The number of aryl methyl sites for hydroxylation is 1. The molecule has 2 unspecified atom stereocenters. The molecule has 0 spiro atoms. The minimum absolute atomic E-state index is 0.220. The van der Waals surface area contributed by atoms with E-state index >= 15 is 0 Å². The van der Waals surface area contributed by atoms with Crippen molar-refractivity contribution < 1.29 is 9.90 Å². The first kappa shape index (κ1) is 42.4. The largest absolute Gasteiger partial charge is 0.481 e. The van der Waals surface area contributed by atoms with Crippen LogP contribution in [0.25, 0.3) is 0 Å². The van der Waals surface area contributed by atoms with Crippen molar-refractivity contribution in [2.45, 2.75) is 64.0 Å². The molecule has 59 heavy (non-hydrogen) atoms. The maximum Gasteiger partial charge on any atom is 0.306 e. The second-order valence-corrected chi connectivity index (χ2v) is 15.6. The molecule has 0 saturated carbocycles. The van der Waals surface area contributed by atoms with E-state index in [-0.39, 0.29) is 11.9 Å². The fraction of sp³-hybridized carbons (Fsp3) is 0.439. The number of carbonyl (C=O) groups is 1. The fourth-order valence-electron chi connectivity index (χ4n) is 7.87. The monoisotopic (exact) mass is 823 g/mol. The van der Waals surface area contributed by atoms with Crippen molar-refractivity contribution in [3.05, 3.63) is 76.0 Å². The Hall–Kier alpha value is -6.17. The van der Waals surface area contributed by atoms with Crippen molar-refractivity contribution in [1.82, 2.24) is 29.9 Å². The van der Waals surface area contributed by atoms with Gasteiger partial charge in [0.2, 0.25) is 17.8 Å². The Morgan fingerprint density at radius 3 is 1.85 bits per heavy atom. The number of piperidine rings is 1. The number of nitrogen functional groups attached to an aromatic ring is 3. The Morgan fingerprint density at radius 1 is 0.729 bits per heavy atom. The predicted octanol–water partition coefficient (Wildman–Crippen LogP) is 5.53. The lowest BCUT2D eigenvalue weighted by Gasteiger charge is -2.31. The molecule has 5 aromatic rings. The van der Waals surface area contributed by atoms with Gasteiger partial charge in [-0.25, -0.2) is 0 Å². The van der Waals surface area contributed by atoms with Gasteiger partial charge in [0, 0.05) is 71.6 Å². The SMILES string of the molecule is CNc1cc(N2CCC(C(=O)O)CC2)nc(N)n1.CNc1cc(N2CCCC2Cc2cccc(C)c2)nc(N)n1.CNc1cc(N2CCCC2c2ccsc2)nc(N)n1. The Kier molecular flexibility index (Phi) is 14.4. The molecule has 0 radical (unpaired) electrons. The van der Waals surface area contributed by atoms with E-state index in [1.165, 1.54) is 36.0 Å². The number of hydrogen-bond donors (Lipinski definition) is 7. The van der Waals surface area contributed by atoms with Gasteiger partial charge in [-0.1, -0.05) is 29.8 Å². The molecule has 2 atom stereocenters. The highest BCUT2D eigenvalue weighted by molar-refractivity contribution is 7.08. The molecule has 10 N–H and O–H groups in total. The number of hydrogen-bond acceptors (Lipinski definition) is 17. The number of thiophene rings is 1. The minimum Gasteiger partial charge on any atom is -0.481 e. The van der Waals surface area contributed by atoms with Gasteiger partial charge in [0.25, 0.3) is 0 Å². The van der Waals surface area contributed by atoms with E-state index in [0.29, 0.717) is 55.7 Å². The molecule has 3 fully saturated rings. The molecule has 1 aromatic carbocycles. The van der Waals surface area contributed by atoms with E-state index < -0.39 is 5.97 Å². The van der Waals surface area contributed by atoms with E-state index in [2.05, 4.69) is 104 Å². The van der Waals surface area contributed by atoms with Gasteiger partial charge in [-0.05, 0) is 79.8 Å². The number of nitrogens with zero attached hydrogens (tertiary/aromatic N) is 9. The van der Waals surface area contributed by atoms with Crippen molar-refractivity contribution >= 4 is 70.1 Å². The summed E-state index contributed by atoms with van der Waals surface area (Å²) >= 11 is 1.74. The Morgan fingerprint density at radius 2 is 1.29 bits per heavy atom. The highest BCUT2D eigenvalue weighted by Gasteiger charge is 2.29. The minimum atomic E-state index is -0.715. The molecule has 0 bridgehead atoms. The van der Waals surface area contributed by atoms with Gasteiger partial charge in [-0.2, -0.15) is 41.2 Å². The number of anilines is 9. The third kappa shape index (κ3) is 11.3. The third-order valence-electron chi connectivity index (χ3n) is 10.8. The zero-order valence-corrected chi connectivity index (χ0v) is 35.1. The first-order valence-electron chi connectivity index (χ1n) is 20.1. The van der Waals surface area contributed by atoms with Crippen molar-refractivity contribution in [3.63, 3.8) is 0 Å². The average molecular weight is 824 g/mol. The van der Waals surface area contributed by atoms with E-state index in [9.17, 15) is 4.79 Å². The van der Waals surface area contributed by atoms with Crippen LogP contribution in [0.4, 0.5) is 52.8 Å². The van der Waals surface area contributed by atoms with Crippen molar-refractivity contribution in [2.75, 3.05) is 95.2 Å². The van der Waals surface area contributed by atoms with E-state index in [0.717, 1.165) is 55.0 Å². The standard InChI is InChI=1S/C17H23N5.C13H17N5S.C11H17N5O2/c1-12-5-3-6-13(9-12)10-14-7-4-8-22(14)16-11-15(19-2)20-17(18)21-16;1-15-11-7-12(17-13(14)16-11)18-5-2-3-10(18)9-4-6-19-8-9;1-13-8-6-9(15-11(12)14-8)16-4-2-7(3-5-16)10(17)18/h3,5-6,9,11,14H,4,7-8,10H2,1-2H3,(H3,18,19,20,21);4,6-8,10H,2-3,5H2,1H3,(H3,14,15,16,17);6-7H,2-5H2,1H3,(H,17,18)(H3,12,13,14,15). The van der Waals surface area contributed by atoms with Crippen LogP contribution in [0.2, 0.25) is 0 Å². The summed E-state index contributed by atoms with van der Waals surface area (Å²) in [5, 5.41) is 22.3. The van der Waals surface area contributed by atoms with Gasteiger partial charge in [-0.15, -0.1) is 0 Å². The molecule has 3 aliphatic rings. The third-order valence-corrected chi connectivity index (χ3v) is 11.5. The number of aromatic nitrogens is 6. The molecule has 8 rings (SSSR count). The van der Waals surface area contributed by atoms with Crippen molar-refractivity contribution in [3.8, 4) is 0 Å². The van der Waals surface area contributed by atoms with Crippen LogP contribution in [0, 0.1) is 12.8 Å². The van der Waals surface area contributed by atoms with Gasteiger partial charge in [0.05, 0.1) is 12.0 Å². The fourth-order valence-corrected chi connectivity index (χ4v) is 8.57. The van der Waals surface area contributed by atoms with Gasteiger partial charge < -0.3 is 53.0 Å². The summed E-state index contributed by atoms with van der Waals surface area (Å²) in [7, 11) is 5.45. The number of aliphatic carboxylic acids is 1. The van der Waals surface area contributed by atoms with Crippen LogP contribution in [-0.2, 0) is 11.2 Å². The van der Waals surface area contributed by atoms with Crippen LogP contribution in [0.3, 0.4) is 0 Å². The van der Waals surface area contributed by atoms with Crippen LogP contribution < -0.4 is 47.9 Å². The summed E-state index contributed by atoms with van der Waals surface area (Å²) in [6.45, 7) is 5.53. The lowest BCUT2D eigenvalue weighted by atomic mass is 9.97. The molecule has 0 aliphatic carbocycles. The first-order chi connectivity index (χ1) is 28.5. The highest BCUT2D eigenvalue weighted by Crippen LogP contribution is 2.37. The summed E-state index contributed by atoms with van der Waals surface area (Å²) < 4.78 is 0. The average Bonchev–Trinajstić information content (AvgIpc) is 4.04. The van der Waals surface area contributed by atoms with Crippen LogP contribution in [-0.4, -0.2) is 94.3 Å². The Bertz CT molecular complexity index is 2130. The maximum atomic E-state index is 10.9. The zero-order valence-electron chi connectivity index (χ0n) is 34.3. The molecule has 7 heterocycles. The lowest BCUT2D eigenvalue weighted by molar-refractivity contribution is -0.142. The predicted molar refractivity (Wildman–Crippen MR) is 239 cm³/mol. The first-order valence-corrected chi connectivity index (χ1v) is 21.0. The Labute approximate surface area is 349 Å². The normalized spacial score (nSPS) is 17.7. The molecule has 17 nitrogen and oxygen atoms in total. The molecule has 3 saturated heterocycles. The summed E-state index contributed by atoms with van der Waals surface area (Å²) in [6, 6.07) is 17.6. The van der Waals surface area contributed by atoms with E-state index in [1.54, 1.807) is 18.4 Å². The quantitative estimate of drug-likeness (QED) is 0.0917. The smallest absolute Gasteiger partial charge is 0.306 e. The number of nitrogens with one attached hydrogen (secondary N) is 3. The van der Waals surface area contributed by atoms with Crippen LogP contribution in [0.5, 0.6) is 0 Å². The van der Waals surface area contributed by atoms with Crippen LogP contribution >= 0.6 is 11.3 Å². The molecule has 3 aliphatic heterocycles. The summed E-state index contributed by atoms with van der Waals surface area (Å²) in [5.41, 5.74) is 21.3. The highest BCUT2D eigenvalue weighted by atomic mass is 32.1. The zero-order chi connectivity index (χ0) is 41.9. The number of rotatable bonds is 10. The van der Waals surface area contributed by atoms with Crippen LogP contribution in [0.15, 0.2) is 59.3 Å². The van der Waals surface area contributed by atoms with Gasteiger partial charge in [-0.3, -0.25) is 4.79 Å². The summed E-state index contributed by atoms with van der Waals surface area (Å²) in [5.74, 6) is 4.67. The van der Waals surface area contributed by atoms with E-state index in [1.807, 2.05) is 37.2 Å². The van der Waals surface area contributed by atoms with Gasteiger partial charge >= 0.3 is 5.97 Å². The van der Waals surface area contributed by atoms with E-state index in [4.69, 9.17) is 22.3 Å². The molecular formula is C41H57N15O2S. The molecule has 0 amide bonds. The number of benzene rings is 1. The maximum absolute atomic E-state index is 10.9.